The summed E-state index contributed by atoms with van der Waals surface area (Å²) in [6.45, 7) is 3.73. The number of anilines is 1. The van der Waals surface area contributed by atoms with E-state index in [0.29, 0.717) is 6.54 Å². The van der Waals surface area contributed by atoms with Crippen LogP contribution in [0.4, 0.5) is 5.82 Å². The quantitative estimate of drug-likeness (QED) is 0.834. The molecule has 8 heteroatoms. The molecule has 1 N–H and O–H groups in total. The van der Waals surface area contributed by atoms with Gasteiger partial charge in [0.15, 0.2) is 17.0 Å². The molecule has 2 aromatic rings. The van der Waals surface area contributed by atoms with Gasteiger partial charge in [0, 0.05) is 13.1 Å². The predicted octanol–water partition coefficient (Wildman–Crippen LogP) is 0.987. The van der Waals surface area contributed by atoms with Gasteiger partial charge < -0.3 is 19.3 Å². The van der Waals surface area contributed by atoms with Gasteiger partial charge in [-0.3, -0.25) is 4.79 Å². The van der Waals surface area contributed by atoms with Crippen LogP contribution in [0.1, 0.15) is 26.2 Å². The molecule has 0 spiro atoms. The summed E-state index contributed by atoms with van der Waals surface area (Å²) in [7, 11) is 1.44. The highest BCUT2D eigenvalue weighted by Gasteiger charge is 2.25. The molecule has 2 atom stereocenters. The molecular weight excluding hydrogens is 310 g/mol. The van der Waals surface area contributed by atoms with Crippen LogP contribution >= 0.6 is 0 Å². The third-order valence-electron chi connectivity index (χ3n) is 4.40. The number of fused-ring (bicyclic) bond motifs is 1. The van der Waals surface area contributed by atoms with Crippen LogP contribution in [0.2, 0.25) is 0 Å². The van der Waals surface area contributed by atoms with Crippen LogP contribution < -0.4 is 4.90 Å². The molecule has 1 aliphatic rings. The number of nitrogens with zero attached hydrogens (tertiary/aromatic N) is 5. The summed E-state index contributed by atoms with van der Waals surface area (Å²) in [6.07, 6.45) is 5.21. The number of aliphatic hydroxyl groups is 1. The van der Waals surface area contributed by atoms with E-state index in [2.05, 4.69) is 19.9 Å². The molecule has 0 radical (unpaired) electrons. The second-order valence-corrected chi connectivity index (χ2v) is 6.25. The molecule has 2 aromatic heterocycles. The fraction of sp³-hybridized carbons (Fsp3) is 0.625. The Balaban J connectivity index is 1.84. The Bertz CT molecular complexity index is 715. The lowest BCUT2D eigenvalue weighted by Crippen LogP contribution is -2.26. The van der Waals surface area contributed by atoms with E-state index in [1.165, 1.54) is 13.4 Å². The third-order valence-corrected chi connectivity index (χ3v) is 4.40. The predicted molar refractivity (Wildman–Crippen MR) is 88.6 cm³/mol. The molecule has 1 aliphatic heterocycles. The minimum atomic E-state index is -0.472. The van der Waals surface area contributed by atoms with Crippen molar-refractivity contribution in [2.75, 3.05) is 25.1 Å². The minimum Gasteiger partial charge on any atom is -0.469 e. The van der Waals surface area contributed by atoms with Crippen molar-refractivity contribution in [3.05, 3.63) is 12.7 Å². The van der Waals surface area contributed by atoms with E-state index in [9.17, 15) is 9.90 Å². The lowest BCUT2D eigenvalue weighted by atomic mass is 10.0. The Kier molecular flexibility index (Phi) is 4.94. The maximum atomic E-state index is 11.8. The van der Waals surface area contributed by atoms with Crippen molar-refractivity contribution in [3.8, 4) is 0 Å². The van der Waals surface area contributed by atoms with E-state index < -0.39 is 6.10 Å². The molecule has 1 fully saturated rings. The SMILES string of the molecule is COC(=O)C1CCCN(c2ncnc3c2ncn3C[C@@H](C)O)CC1. The van der Waals surface area contributed by atoms with Gasteiger partial charge in [0.25, 0.3) is 0 Å². The maximum absolute atomic E-state index is 11.8. The van der Waals surface area contributed by atoms with Gasteiger partial charge in [0.05, 0.1) is 32.0 Å². The fourth-order valence-electron chi connectivity index (χ4n) is 3.23. The first-order valence-electron chi connectivity index (χ1n) is 8.26. The Morgan fingerprint density at radius 1 is 1.38 bits per heavy atom. The number of carbonyl (C=O) groups excluding carboxylic acids is 1. The molecule has 0 saturated carbocycles. The van der Waals surface area contributed by atoms with Crippen molar-refractivity contribution >= 4 is 23.0 Å². The van der Waals surface area contributed by atoms with E-state index in [0.717, 1.165) is 49.3 Å². The number of aromatic nitrogens is 4. The van der Waals surface area contributed by atoms with Gasteiger partial charge in [-0.05, 0) is 26.2 Å². The van der Waals surface area contributed by atoms with Crippen molar-refractivity contribution in [1.82, 2.24) is 19.5 Å². The Labute approximate surface area is 140 Å². The average Bonchev–Trinajstić information content (AvgIpc) is 2.82. The first kappa shape index (κ1) is 16.6. The summed E-state index contributed by atoms with van der Waals surface area (Å²) >= 11 is 0. The van der Waals surface area contributed by atoms with Crippen LogP contribution in [0.3, 0.4) is 0 Å². The number of methoxy groups -OCH3 is 1. The highest BCUT2D eigenvalue weighted by atomic mass is 16.5. The summed E-state index contributed by atoms with van der Waals surface area (Å²) < 4.78 is 6.71. The van der Waals surface area contributed by atoms with E-state index in [1.807, 2.05) is 4.57 Å². The van der Waals surface area contributed by atoms with Crippen molar-refractivity contribution in [3.63, 3.8) is 0 Å². The minimum absolute atomic E-state index is 0.0508. The van der Waals surface area contributed by atoms with E-state index in [1.54, 1.807) is 13.3 Å². The lowest BCUT2D eigenvalue weighted by molar-refractivity contribution is -0.145. The van der Waals surface area contributed by atoms with Crippen LogP contribution in [0, 0.1) is 5.92 Å². The largest absolute Gasteiger partial charge is 0.469 e. The highest BCUT2D eigenvalue weighted by molar-refractivity contribution is 5.83. The van der Waals surface area contributed by atoms with Gasteiger partial charge in [-0.25, -0.2) is 15.0 Å². The number of hydrogen-bond acceptors (Lipinski definition) is 7. The number of ether oxygens (including phenoxy) is 1. The molecule has 0 bridgehead atoms. The number of hydrogen-bond donors (Lipinski definition) is 1. The average molecular weight is 333 g/mol. The molecular formula is C16H23N5O3. The van der Waals surface area contributed by atoms with Gasteiger partial charge in [-0.15, -0.1) is 0 Å². The summed E-state index contributed by atoms with van der Waals surface area (Å²) in [5.74, 6) is 0.603. The van der Waals surface area contributed by atoms with Crippen molar-refractivity contribution in [1.29, 1.82) is 0 Å². The molecule has 0 amide bonds. The normalized spacial score (nSPS) is 20.0. The number of imidazole rings is 1. The van der Waals surface area contributed by atoms with Gasteiger partial charge in [-0.2, -0.15) is 0 Å². The van der Waals surface area contributed by atoms with Crippen molar-refractivity contribution in [2.24, 2.45) is 5.92 Å². The zero-order chi connectivity index (χ0) is 17.1. The van der Waals surface area contributed by atoms with Crippen molar-refractivity contribution in [2.45, 2.75) is 38.8 Å². The smallest absolute Gasteiger partial charge is 0.308 e. The van der Waals surface area contributed by atoms with E-state index >= 15 is 0 Å². The first-order valence-corrected chi connectivity index (χ1v) is 8.26. The summed E-state index contributed by atoms with van der Waals surface area (Å²) in [6, 6.07) is 0. The summed E-state index contributed by atoms with van der Waals surface area (Å²) in [5, 5.41) is 9.60. The topological polar surface area (TPSA) is 93.4 Å². The summed E-state index contributed by atoms with van der Waals surface area (Å²) in [5.41, 5.74) is 1.45. The van der Waals surface area contributed by atoms with Crippen LogP contribution in [0.5, 0.6) is 0 Å². The van der Waals surface area contributed by atoms with Gasteiger partial charge in [0.2, 0.25) is 0 Å². The molecule has 3 rings (SSSR count). The number of carbonyl (C=O) groups is 1. The monoisotopic (exact) mass is 333 g/mol. The molecule has 130 valence electrons. The molecule has 0 aromatic carbocycles. The molecule has 1 unspecified atom stereocenters. The zero-order valence-electron chi connectivity index (χ0n) is 14.1. The molecule has 8 nitrogen and oxygen atoms in total. The van der Waals surface area contributed by atoms with Crippen molar-refractivity contribution < 1.29 is 14.6 Å². The fourth-order valence-corrected chi connectivity index (χ4v) is 3.23. The third kappa shape index (κ3) is 3.33. The Morgan fingerprint density at radius 3 is 2.96 bits per heavy atom. The second-order valence-electron chi connectivity index (χ2n) is 6.25. The number of esters is 1. The first-order chi connectivity index (χ1) is 11.6. The standard InChI is InChI=1S/C16H23N5O3/c1-11(22)8-21-10-19-13-14(17-9-18-15(13)21)20-6-3-4-12(5-7-20)16(23)24-2/h9-12,22H,3-8H2,1-2H3/t11-,12?/m1/s1. The summed E-state index contributed by atoms with van der Waals surface area (Å²) in [4.78, 5) is 27.1. The highest BCUT2D eigenvalue weighted by Crippen LogP contribution is 2.26. The van der Waals surface area contributed by atoms with Crippen LogP contribution in [0.25, 0.3) is 11.2 Å². The van der Waals surface area contributed by atoms with Gasteiger partial charge in [0.1, 0.15) is 6.33 Å². The molecule has 24 heavy (non-hydrogen) atoms. The van der Waals surface area contributed by atoms with E-state index in [-0.39, 0.29) is 11.9 Å². The van der Waals surface area contributed by atoms with Crippen LogP contribution in [-0.2, 0) is 16.1 Å². The number of aliphatic hydroxyl groups excluding tert-OH is 1. The van der Waals surface area contributed by atoms with Gasteiger partial charge >= 0.3 is 5.97 Å². The van der Waals surface area contributed by atoms with Crippen LogP contribution in [-0.4, -0.2) is 56.9 Å². The van der Waals surface area contributed by atoms with E-state index in [4.69, 9.17) is 4.74 Å². The zero-order valence-corrected chi connectivity index (χ0v) is 14.1. The lowest BCUT2D eigenvalue weighted by Gasteiger charge is -2.21. The Hall–Kier alpha value is -2.22. The second kappa shape index (κ2) is 7.12. The van der Waals surface area contributed by atoms with Gasteiger partial charge in [-0.1, -0.05) is 0 Å². The maximum Gasteiger partial charge on any atom is 0.308 e. The van der Waals surface area contributed by atoms with Crippen LogP contribution in [0.15, 0.2) is 12.7 Å². The molecule has 1 saturated heterocycles. The Morgan fingerprint density at radius 2 is 2.21 bits per heavy atom. The molecule has 0 aliphatic carbocycles. The molecule has 3 heterocycles. The number of rotatable bonds is 4.